The van der Waals surface area contributed by atoms with Crippen molar-refractivity contribution in [2.75, 3.05) is 11.9 Å². The summed E-state index contributed by atoms with van der Waals surface area (Å²) in [5.41, 5.74) is 1.09. The summed E-state index contributed by atoms with van der Waals surface area (Å²) in [5, 5.41) is 4.01. The molecular weight excluding hydrogens is 278 g/mol. The average Bonchev–Trinajstić information content (AvgIpc) is 2.86. The molecule has 2 aromatic rings. The maximum Gasteiger partial charge on any atom is 0.202 e. The van der Waals surface area contributed by atoms with Crippen LogP contribution in [-0.2, 0) is 5.41 Å². The molecule has 5 heteroatoms. The molecule has 0 aliphatic carbocycles. The van der Waals surface area contributed by atoms with Crippen LogP contribution in [0.3, 0.4) is 0 Å². The largest absolute Gasteiger partial charge is 0.358 e. The Morgan fingerprint density at radius 1 is 1.26 bits per heavy atom. The predicted molar refractivity (Wildman–Crippen MR) is 82.1 cm³/mol. The number of aromatic nitrogens is 2. The first kappa shape index (κ1) is 14.3. The summed E-state index contributed by atoms with van der Waals surface area (Å²) >= 11 is 7.73. The molecule has 0 radical (unpaired) electrons. The van der Waals surface area contributed by atoms with E-state index in [-0.39, 0.29) is 10.8 Å². The Labute approximate surface area is 123 Å². The Kier molecular flexibility index (Phi) is 4.42. The van der Waals surface area contributed by atoms with Gasteiger partial charge in [0.2, 0.25) is 5.13 Å². The van der Waals surface area contributed by atoms with E-state index in [1.807, 2.05) is 30.3 Å². The van der Waals surface area contributed by atoms with E-state index < -0.39 is 0 Å². The Morgan fingerprint density at radius 2 is 1.95 bits per heavy atom. The normalized spacial score (nSPS) is 13.3. The number of hydrogen-bond donors (Lipinski definition) is 1. The van der Waals surface area contributed by atoms with E-state index in [0.29, 0.717) is 6.54 Å². The number of anilines is 1. The van der Waals surface area contributed by atoms with E-state index in [1.165, 1.54) is 11.5 Å². The Balaban J connectivity index is 1.94. The Bertz CT molecular complexity index is 519. The van der Waals surface area contributed by atoms with Gasteiger partial charge in [-0.1, -0.05) is 51.1 Å². The highest BCUT2D eigenvalue weighted by Crippen LogP contribution is 2.25. The van der Waals surface area contributed by atoms with Gasteiger partial charge in [-0.3, -0.25) is 0 Å². The van der Waals surface area contributed by atoms with Gasteiger partial charge in [0.05, 0.1) is 5.38 Å². The fourth-order valence-corrected chi connectivity index (χ4v) is 2.54. The number of alkyl halides is 1. The summed E-state index contributed by atoms with van der Waals surface area (Å²) in [5.74, 6) is 0.867. The minimum Gasteiger partial charge on any atom is -0.358 e. The molecule has 1 heterocycles. The van der Waals surface area contributed by atoms with Crippen molar-refractivity contribution < 1.29 is 0 Å². The molecule has 0 bridgehead atoms. The molecule has 0 spiro atoms. The molecule has 0 fully saturated rings. The van der Waals surface area contributed by atoms with Crippen LogP contribution in [0.4, 0.5) is 5.13 Å². The summed E-state index contributed by atoms with van der Waals surface area (Å²) in [6.45, 7) is 6.96. The number of halogens is 1. The van der Waals surface area contributed by atoms with E-state index in [4.69, 9.17) is 11.6 Å². The molecule has 3 nitrogen and oxygen atoms in total. The number of hydrogen-bond acceptors (Lipinski definition) is 4. The highest BCUT2D eigenvalue weighted by molar-refractivity contribution is 7.09. The first-order valence-electron chi connectivity index (χ1n) is 6.24. The summed E-state index contributed by atoms with van der Waals surface area (Å²) in [6, 6.07) is 10.0. The van der Waals surface area contributed by atoms with Crippen LogP contribution in [0, 0.1) is 0 Å². The van der Waals surface area contributed by atoms with E-state index in [0.717, 1.165) is 16.5 Å². The SMILES string of the molecule is CC(C)(C)c1nsc(NCC(Cl)c2ccccc2)n1. The minimum atomic E-state index is -0.0665. The van der Waals surface area contributed by atoms with Gasteiger partial charge in [0, 0.05) is 23.5 Å². The van der Waals surface area contributed by atoms with Crippen molar-refractivity contribution >= 4 is 28.3 Å². The van der Waals surface area contributed by atoms with E-state index in [1.54, 1.807) is 0 Å². The van der Waals surface area contributed by atoms with Gasteiger partial charge in [-0.2, -0.15) is 4.37 Å². The third-order valence-electron chi connectivity index (χ3n) is 2.69. The Hall–Kier alpha value is -1.13. The third-order valence-corrected chi connectivity index (χ3v) is 3.77. The molecule has 19 heavy (non-hydrogen) atoms. The van der Waals surface area contributed by atoms with Crippen LogP contribution in [0.25, 0.3) is 0 Å². The molecule has 0 aliphatic rings. The van der Waals surface area contributed by atoms with Crippen LogP contribution in [0.5, 0.6) is 0 Å². The van der Waals surface area contributed by atoms with Crippen molar-refractivity contribution in [2.24, 2.45) is 0 Å². The van der Waals surface area contributed by atoms with Crippen LogP contribution in [0.2, 0.25) is 0 Å². The zero-order valence-electron chi connectivity index (χ0n) is 11.4. The molecule has 2 rings (SSSR count). The average molecular weight is 296 g/mol. The van der Waals surface area contributed by atoms with Gasteiger partial charge < -0.3 is 5.32 Å². The van der Waals surface area contributed by atoms with E-state index in [9.17, 15) is 0 Å². The number of rotatable bonds is 4. The lowest BCUT2D eigenvalue weighted by Crippen LogP contribution is -2.13. The second-order valence-corrected chi connectivity index (χ2v) is 6.71. The van der Waals surface area contributed by atoms with Gasteiger partial charge in [-0.15, -0.1) is 11.6 Å². The van der Waals surface area contributed by atoms with Gasteiger partial charge in [-0.25, -0.2) is 4.98 Å². The molecule has 1 atom stereocenters. The quantitative estimate of drug-likeness (QED) is 0.858. The number of benzene rings is 1. The topological polar surface area (TPSA) is 37.8 Å². The molecule has 0 amide bonds. The third kappa shape index (κ3) is 3.91. The molecule has 0 saturated carbocycles. The van der Waals surface area contributed by atoms with Crippen LogP contribution >= 0.6 is 23.1 Å². The summed E-state index contributed by atoms with van der Waals surface area (Å²) in [4.78, 5) is 4.48. The van der Waals surface area contributed by atoms with Crippen LogP contribution in [0.15, 0.2) is 30.3 Å². The van der Waals surface area contributed by atoms with Crippen molar-refractivity contribution in [1.29, 1.82) is 0 Å². The summed E-state index contributed by atoms with van der Waals surface area (Å²) in [7, 11) is 0. The first-order chi connectivity index (χ1) is 8.97. The smallest absolute Gasteiger partial charge is 0.202 e. The standard InChI is InChI=1S/C14H18ClN3S/c1-14(2,3)12-17-13(19-18-12)16-9-11(15)10-7-5-4-6-8-10/h4-8,11H,9H2,1-3H3,(H,16,17,18). The predicted octanol–water partition coefficient (Wildman–Crippen LogP) is 4.23. The molecule has 0 aliphatic heterocycles. The van der Waals surface area contributed by atoms with Crippen molar-refractivity contribution in [3.63, 3.8) is 0 Å². The van der Waals surface area contributed by atoms with Crippen molar-refractivity contribution in [2.45, 2.75) is 31.6 Å². The lowest BCUT2D eigenvalue weighted by molar-refractivity contribution is 0.555. The molecule has 1 N–H and O–H groups in total. The van der Waals surface area contributed by atoms with Crippen molar-refractivity contribution in [1.82, 2.24) is 9.36 Å². The maximum atomic E-state index is 6.35. The zero-order chi connectivity index (χ0) is 13.9. The molecule has 1 aromatic heterocycles. The highest BCUT2D eigenvalue weighted by Gasteiger charge is 2.19. The van der Waals surface area contributed by atoms with Gasteiger partial charge in [0.15, 0.2) is 0 Å². The highest BCUT2D eigenvalue weighted by atomic mass is 35.5. The Morgan fingerprint density at radius 3 is 2.53 bits per heavy atom. The first-order valence-corrected chi connectivity index (χ1v) is 7.45. The van der Waals surface area contributed by atoms with E-state index in [2.05, 4.69) is 35.4 Å². The molecule has 102 valence electrons. The van der Waals surface area contributed by atoms with Crippen LogP contribution in [-0.4, -0.2) is 15.9 Å². The second-order valence-electron chi connectivity index (χ2n) is 5.43. The molecule has 1 aromatic carbocycles. The number of nitrogens with zero attached hydrogens (tertiary/aromatic N) is 2. The summed E-state index contributed by atoms with van der Waals surface area (Å²) < 4.78 is 4.36. The van der Waals surface area contributed by atoms with Crippen molar-refractivity contribution in [3.05, 3.63) is 41.7 Å². The fraction of sp³-hybridized carbons (Fsp3) is 0.429. The number of nitrogens with one attached hydrogen (secondary N) is 1. The zero-order valence-corrected chi connectivity index (χ0v) is 12.9. The summed E-state index contributed by atoms with van der Waals surface area (Å²) in [6.07, 6.45) is 0. The minimum absolute atomic E-state index is 0.0176. The maximum absolute atomic E-state index is 6.35. The van der Waals surface area contributed by atoms with Crippen LogP contribution < -0.4 is 5.32 Å². The van der Waals surface area contributed by atoms with Gasteiger partial charge >= 0.3 is 0 Å². The van der Waals surface area contributed by atoms with Crippen LogP contribution in [0.1, 0.15) is 37.5 Å². The van der Waals surface area contributed by atoms with Gasteiger partial charge in [-0.05, 0) is 5.56 Å². The lowest BCUT2D eigenvalue weighted by Gasteiger charge is -2.12. The van der Waals surface area contributed by atoms with Crippen molar-refractivity contribution in [3.8, 4) is 0 Å². The lowest BCUT2D eigenvalue weighted by atomic mass is 9.96. The second kappa shape index (κ2) is 5.88. The monoisotopic (exact) mass is 295 g/mol. The van der Waals surface area contributed by atoms with E-state index >= 15 is 0 Å². The molecule has 1 unspecified atom stereocenters. The fourth-order valence-electron chi connectivity index (χ4n) is 1.56. The molecule has 0 saturated heterocycles. The van der Waals surface area contributed by atoms with Gasteiger partial charge in [0.25, 0.3) is 0 Å². The molecular formula is C14H18ClN3S. The van der Waals surface area contributed by atoms with Gasteiger partial charge in [0.1, 0.15) is 5.82 Å².